The Balaban J connectivity index is 2.59. The van der Waals surface area contributed by atoms with Crippen molar-refractivity contribution in [2.75, 3.05) is 5.75 Å². The Hall–Kier alpha value is -0.900. The summed E-state index contributed by atoms with van der Waals surface area (Å²) in [4.78, 5) is 11.5. The number of thioether (sulfide) groups is 1. The fourth-order valence-electron chi connectivity index (χ4n) is 1.20. The molecule has 0 amide bonds. The topological polar surface area (TPSA) is 17.1 Å². The Morgan fingerprint density at radius 1 is 1.38 bits per heavy atom. The maximum atomic E-state index is 13.2. The van der Waals surface area contributed by atoms with Crippen LogP contribution in [0.4, 0.5) is 8.78 Å². The van der Waals surface area contributed by atoms with Crippen molar-refractivity contribution in [1.29, 1.82) is 0 Å². The third-order valence-electron chi connectivity index (χ3n) is 1.97. The largest absolute Gasteiger partial charge is 0.298 e. The molecule has 0 aliphatic heterocycles. The lowest BCUT2D eigenvalue weighted by molar-refractivity contribution is -0.116. The summed E-state index contributed by atoms with van der Waals surface area (Å²) in [5.74, 6) is -0.777. The highest BCUT2D eigenvalue weighted by Crippen LogP contribution is 2.14. The van der Waals surface area contributed by atoms with Crippen molar-refractivity contribution < 1.29 is 13.6 Å². The van der Waals surface area contributed by atoms with Crippen LogP contribution < -0.4 is 0 Å². The molecule has 0 fully saturated rings. The van der Waals surface area contributed by atoms with Gasteiger partial charge >= 0.3 is 0 Å². The Morgan fingerprint density at radius 3 is 2.69 bits per heavy atom. The summed E-state index contributed by atoms with van der Waals surface area (Å²) in [6, 6.07) is 3.17. The molecule has 0 saturated heterocycles. The van der Waals surface area contributed by atoms with Gasteiger partial charge in [-0.2, -0.15) is 11.8 Å². The van der Waals surface area contributed by atoms with E-state index in [0.29, 0.717) is 11.0 Å². The second-order valence-electron chi connectivity index (χ2n) is 3.81. The number of hydrogen-bond donors (Lipinski definition) is 0. The van der Waals surface area contributed by atoms with E-state index in [9.17, 15) is 13.6 Å². The van der Waals surface area contributed by atoms with Crippen molar-refractivity contribution in [3.63, 3.8) is 0 Å². The monoisotopic (exact) mass is 244 g/mol. The zero-order valence-corrected chi connectivity index (χ0v) is 10.1. The Kier molecular flexibility index (Phi) is 4.93. The second-order valence-corrected chi connectivity index (χ2v) is 5.38. The van der Waals surface area contributed by atoms with Crippen molar-refractivity contribution in [1.82, 2.24) is 0 Å². The number of Topliss-reactive ketones (excluding diaryl/α,β-unsaturated/α-hetero) is 1. The van der Waals surface area contributed by atoms with E-state index in [4.69, 9.17) is 0 Å². The SMILES string of the molecule is CC(C)SCC(=O)Cc1cc(F)ccc1F. The standard InChI is InChI=1S/C12H14F2OS/c1-8(2)16-7-11(15)6-9-5-10(13)3-4-12(9)14/h3-5,8H,6-7H2,1-2H3. The van der Waals surface area contributed by atoms with Crippen LogP contribution in [0.1, 0.15) is 19.4 Å². The number of halogens is 2. The van der Waals surface area contributed by atoms with Crippen molar-refractivity contribution >= 4 is 17.5 Å². The molecule has 0 aliphatic rings. The molecule has 1 nitrogen and oxygen atoms in total. The van der Waals surface area contributed by atoms with Gasteiger partial charge < -0.3 is 0 Å². The highest BCUT2D eigenvalue weighted by molar-refractivity contribution is 8.00. The van der Waals surface area contributed by atoms with Gasteiger partial charge in [0.2, 0.25) is 0 Å². The van der Waals surface area contributed by atoms with E-state index in [0.717, 1.165) is 18.2 Å². The van der Waals surface area contributed by atoms with Gasteiger partial charge in [0.15, 0.2) is 0 Å². The molecule has 0 saturated carbocycles. The van der Waals surface area contributed by atoms with E-state index in [1.54, 1.807) is 0 Å². The summed E-state index contributed by atoms with van der Waals surface area (Å²) < 4.78 is 26.0. The van der Waals surface area contributed by atoms with Crippen LogP contribution >= 0.6 is 11.8 Å². The van der Waals surface area contributed by atoms with E-state index in [-0.39, 0.29) is 17.8 Å². The first-order chi connectivity index (χ1) is 7.49. The molecule has 0 unspecified atom stereocenters. The second kappa shape index (κ2) is 5.99. The highest BCUT2D eigenvalue weighted by atomic mass is 32.2. The average molecular weight is 244 g/mol. The minimum Gasteiger partial charge on any atom is -0.298 e. The van der Waals surface area contributed by atoms with E-state index in [2.05, 4.69) is 0 Å². The third kappa shape index (κ3) is 4.31. The van der Waals surface area contributed by atoms with Gasteiger partial charge in [0.05, 0.1) is 5.75 Å². The minimum atomic E-state index is -0.524. The Labute approximate surface area is 98.2 Å². The molecule has 0 N–H and O–H groups in total. The number of carbonyl (C=O) groups is 1. The van der Waals surface area contributed by atoms with Crippen LogP contribution in [0.2, 0.25) is 0 Å². The number of carbonyl (C=O) groups excluding carboxylic acids is 1. The summed E-state index contributed by atoms with van der Waals surface area (Å²) in [6.45, 7) is 3.97. The quantitative estimate of drug-likeness (QED) is 0.791. The van der Waals surface area contributed by atoms with Gasteiger partial charge in [0, 0.05) is 6.42 Å². The molecule has 0 radical (unpaired) electrons. The molecular weight excluding hydrogens is 230 g/mol. The summed E-state index contributed by atoms with van der Waals surface area (Å²) in [5.41, 5.74) is 0.134. The number of hydrogen-bond acceptors (Lipinski definition) is 2. The van der Waals surface area contributed by atoms with E-state index in [1.165, 1.54) is 11.8 Å². The highest BCUT2D eigenvalue weighted by Gasteiger charge is 2.10. The number of ketones is 1. The lowest BCUT2D eigenvalue weighted by atomic mass is 10.1. The van der Waals surface area contributed by atoms with Gasteiger partial charge in [-0.1, -0.05) is 13.8 Å². The maximum Gasteiger partial charge on any atom is 0.147 e. The van der Waals surface area contributed by atoms with Crippen LogP contribution in [-0.2, 0) is 11.2 Å². The van der Waals surface area contributed by atoms with Gasteiger partial charge in [0.1, 0.15) is 17.4 Å². The zero-order chi connectivity index (χ0) is 12.1. The molecule has 4 heteroatoms. The lowest BCUT2D eigenvalue weighted by Crippen LogP contribution is -2.09. The number of rotatable bonds is 5. The Morgan fingerprint density at radius 2 is 2.06 bits per heavy atom. The predicted octanol–water partition coefficient (Wildman–Crippen LogP) is 3.22. The van der Waals surface area contributed by atoms with Crippen molar-refractivity contribution in [3.05, 3.63) is 35.4 Å². The fraction of sp³-hybridized carbons (Fsp3) is 0.417. The first-order valence-electron chi connectivity index (χ1n) is 5.06. The van der Waals surface area contributed by atoms with E-state index < -0.39 is 11.6 Å². The molecule has 1 aromatic rings. The smallest absolute Gasteiger partial charge is 0.147 e. The molecule has 0 heterocycles. The van der Waals surface area contributed by atoms with Gasteiger partial charge in [-0.15, -0.1) is 0 Å². The van der Waals surface area contributed by atoms with Gasteiger partial charge in [0.25, 0.3) is 0 Å². The maximum absolute atomic E-state index is 13.2. The molecule has 1 rings (SSSR count). The number of benzene rings is 1. The van der Waals surface area contributed by atoms with Gasteiger partial charge in [-0.3, -0.25) is 4.79 Å². The molecule has 0 aliphatic carbocycles. The van der Waals surface area contributed by atoms with Crippen LogP contribution in [0.15, 0.2) is 18.2 Å². The van der Waals surface area contributed by atoms with Crippen molar-refractivity contribution in [3.8, 4) is 0 Å². The summed E-state index contributed by atoms with van der Waals surface area (Å²) >= 11 is 1.50. The van der Waals surface area contributed by atoms with Gasteiger partial charge in [-0.25, -0.2) is 8.78 Å². The van der Waals surface area contributed by atoms with Gasteiger partial charge in [-0.05, 0) is 29.0 Å². The first-order valence-corrected chi connectivity index (χ1v) is 6.11. The third-order valence-corrected chi connectivity index (χ3v) is 3.13. The van der Waals surface area contributed by atoms with Crippen molar-refractivity contribution in [2.24, 2.45) is 0 Å². The lowest BCUT2D eigenvalue weighted by Gasteiger charge is -2.05. The molecule has 88 valence electrons. The van der Waals surface area contributed by atoms with Crippen LogP contribution in [0.5, 0.6) is 0 Å². The Bertz CT molecular complexity index is 377. The first kappa shape index (κ1) is 13.2. The van der Waals surface area contributed by atoms with Crippen LogP contribution in [0.25, 0.3) is 0 Å². The van der Waals surface area contributed by atoms with Crippen LogP contribution in [0.3, 0.4) is 0 Å². The zero-order valence-electron chi connectivity index (χ0n) is 9.30. The summed E-state index contributed by atoms with van der Waals surface area (Å²) in [5, 5.41) is 0.362. The predicted molar refractivity (Wildman–Crippen MR) is 62.7 cm³/mol. The minimum absolute atomic E-state index is 0.0384. The molecule has 0 atom stereocenters. The van der Waals surface area contributed by atoms with Crippen molar-refractivity contribution in [2.45, 2.75) is 25.5 Å². The summed E-state index contributed by atoms with van der Waals surface area (Å²) in [7, 11) is 0. The van der Waals surface area contributed by atoms with Crippen LogP contribution in [-0.4, -0.2) is 16.8 Å². The molecule has 0 spiro atoms. The van der Waals surface area contributed by atoms with Crippen LogP contribution in [0, 0.1) is 11.6 Å². The normalized spacial score (nSPS) is 10.8. The van der Waals surface area contributed by atoms with E-state index in [1.807, 2.05) is 13.8 Å². The molecule has 1 aromatic carbocycles. The van der Waals surface area contributed by atoms with E-state index >= 15 is 0 Å². The molecule has 0 bridgehead atoms. The summed E-state index contributed by atoms with van der Waals surface area (Å²) in [6.07, 6.45) is -0.0384. The fourth-order valence-corrected chi connectivity index (χ4v) is 1.82. The molecule has 0 aromatic heterocycles. The molecular formula is C12H14F2OS. The molecule has 16 heavy (non-hydrogen) atoms. The average Bonchev–Trinajstić information content (AvgIpc) is 2.20.